The maximum atomic E-state index is 13.2. The van der Waals surface area contributed by atoms with E-state index in [2.05, 4.69) is 15.3 Å². The van der Waals surface area contributed by atoms with E-state index in [1.54, 1.807) is 0 Å². The van der Waals surface area contributed by atoms with Crippen molar-refractivity contribution in [2.75, 3.05) is 5.32 Å². The molecule has 0 radical (unpaired) electrons. The first kappa shape index (κ1) is 15.2. The number of hydrogen-bond acceptors (Lipinski definition) is 4. The van der Waals surface area contributed by atoms with Gasteiger partial charge in [0.05, 0.1) is 0 Å². The third kappa shape index (κ3) is 3.37. The fourth-order valence-electron chi connectivity index (χ4n) is 1.80. The van der Waals surface area contributed by atoms with E-state index in [0.29, 0.717) is 10.6 Å². The number of anilines is 1. The van der Waals surface area contributed by atoms with Gasteiger partial charge >= 0.3 is 0 Å². The standard InChI is InChI=1S/C15H8F3N3OS/c16-9-5-4-8(6-10(9)17)15-19-11(7-23-15)14(22)21-13-3-1-2-12(18)20-13/h1-7H,(H,20,21,22). The van der Waals surface area contributed by atoms with Gasteiger partial charge in [0.15, 0.2) is 11.6 Å². The highest BCUT2D eigenvalue weighted by Gasteiger charge is 2.14. The van der Waals surface area contributed by atoms with Crippen LogP contribution in [0.1, 0.15) is 10.5 Å². The third-order valence-electron chi connectivity index (χ3n) is 2.86. The van der Waals surface area contributed by atoms with Crippen LogP contribution in [0.2, 0.25) is 0 Å². The molecule has 4 nitrogen and oxygen atoms in total. The Morgan fingerprint density at radius 2 is 1.87 bits per heavy atom. The molecule has 0 aliphatic heterocycles. The van der Waals surface area contributed by atoms with Crippen molar-refractivity contribution in [2.24, 2.45) is 0 Å². The molecule has 23 heavy (non-hydrogen) atoms. The van der Waals surface area contributed by atoms with E-state index in [1.807, 2.05) is 0 Å². The molecule has 1 amide bonds. The Hall–Kier alpha value is -2.74. The van der Waals surface area contributed by atoms with E-state index < -0.39 is 23.5 Å². The molecule has 0 fully saturated rings. The minimum absolute atomic E-state index is 0.0531. The number of carbonyl (C=O) groups is 1. The average molecular weight is 335 g/mol. The summed E-state index contributed by atoms with van der Waals surface area (Å²) >= 11 is 1.10. The Balaban J connectivity index is 1.81. The molecule has 0 aliphatic rings. The number of benzene rings is 1. The summed E-state index contributed by atoms with van der Waals surface area (Å²) in [4.78, 5) is 19.6. The number of thiazole rings is 1. The zero-order chi connectivity index (χ0) is 16.4. The Bertz CT molecular complexity index is 882. The predicted octanol–water partition coefficient (Wildman–Crippen LogP) is 3.87. The molecule has 1 aromatic carbocycles. The maximum Gasteiger partial charge on any atom is 0.276 e. The van der Waals surface area contributed by atoms with E-state index in [9.17, 15) is 18.0 Å². The second-order valence-electron chi connectivity index (χ2n) is 4.47. The van der Waals surface area contributed by atoms with Crippen molar-refractivity contribution in [1.82, 2.24) is 9.97 Å². The van der Waals surface area contributed by atoms with Crippen molar-refractivity contribution in [3.8, 4) is 10.6 Å². The first-order valence-electron chi connectivity index (χ1n) is 6.38. The van der Waals surface area contributed by atoms with E-state index >= 15 is 0 Å². The number of pyridine rings is 1. The first-order valence-corrected chi connectivity index (χ1v) is 7.26. The predicted molar refractivity (Wildman–Crippen MR) is 79.6 cm³/mol. The van der Waals surface area contributed by atoms with Crippen molar-refractivity contribution in [3.63, 3.8) is 0 Å². The molecule has 0 aliphatic carbocycles. The van der Waals surface area contributed by atoms with Crippen LogP contribution >= 0.6 is 11.3 Å². The summed E-state index contributed by atoms with van der Waals surface area (Å²) in [7, 11) is 0. The molecule has 0 atom stereocenters. The number of hydrogen-bond donors (Lipinski definition) is 1. The minimum atomic E-state index is -0.993. The molecule has 116 valence electrons. The van der Waals surface area contributed by atoms with Gasteiger partial charge in [0.1, 0.15) is 16.5 Å². The third-order valence-corrected chi connectivity index (χ3v) is 3.75. The Morgan fingerprint density at radius 1 is 1.04 bits per heavy atom. The summed E-state index contributed by atoms with van der Waals surface area (Å²) in [5, 5.41) is 4.23. The largest absolute Gasteiger partial charge is 0.305 e. The summed E-state index contributed by atoms with van der Waals surface area (Å²) in [6, 6.07) is 7.36. The van der Waals surface area contributed by atoms with Gasteiger partial charge in [0.25, 0.3) is 5.91 Å². The molecule has 0 saturated heterocycles. The van der Waals surface area contributed by atoms with Crippen LogP contribution in [0.25, 0.3) is 10.6 Å². The van der Waals surface area contributed by atoms with Crippen molar-refractivity contribution < 1.29 is 18.0 Å². The summed E-state index contributed by atoms with van der Waals surface area (Å²) in [6.45, 7) is 0. The van der Waals surface area contributed by atoms with Crippen LogP contribution in [0.3, 0.4) is 0 Å². The number of halogens is 3. The molecule has 0 unspecified atom stereocenters. The van der Waals surface area contributed by atoms with Gasteiger partial charge in [0, 0.05) is 10.9 Å². The highest BCUT2D eigenvalue weighted by atomic mass is 32.1. The lowest BCUT2D eigenvalue weighted by Crippen LogP contribution is -2.13. The van der Waals surface area contributed by atoms with Crippen molar-refractivity contribution in [1.29, 1.82) is 0 Å². The van der Waals surface area contributed by atoms with E-state index in [4.69, 9.17) is 0 Å². The number of carbonyl (C=O) groups excluding carboxylic acids is 1. The lowest BCUT2D eigenvalue weighted by molar-refractivity contribution is 0.102. The second kappa shape index (κ2) is 6.17. The Kier molecular flexibility index (Phi) is 4.07. The van der Waals surface area contributed by atoms with Crippen LogP contribution in [-0.2, 0) is 0 Å². The lowest BCUT2D eigenvalue weighted by Gasteiger charge is -2.01. The van der Waals surface area contributed by atoms with Crippen LogP contribution in [0.5, 0.6) is 0 Å². The molecule has 1 N–H and O–H groups in total. The van der Waals surface area contributed by atoms with E-state index in [1.165, 1.54) is 23.6 Å². The van der Waals surface area contributed by atoms with Gasteiger partial charge in [-0.25, -0.2) is 18.7 Å². The molecule has 0 spiro atoms. The first-order chi connectivity index (χ1) is 11.0. The number of nitrogens with one attached hydrogen (secondary N) is 1. The van der Waals surface area contributed by atoms with Crippen LogP contribution in [0.15, 0.2) is 41.8 Å². The van der Waals surface area contributed by atoms with Crippen molar-refractivity contribution in [3.05, 3.63) is 65.1 Å². The van der Waals surface area contributed by atoms with Gasteiger partial charge in [-0.15, -0.1) is 11.3 Å². The molecule has 0 bridgehead atoms. The van der Waals surface area contributed by atoms with Crippen molar-refractivity contribution >= 4 is 23.1 Å². The monoisotopic (exact) mass is 335 g/mol. The summed E-state index contributed by atoms with van der Waals surface area (Å²) in [5.41, 5.74) is 0.428. The van der Waals surface area contributed by atoms with Gasteiger partial charge in [-0.3, -0.25) is 4.79 Å². The molecule has 8 heteroatoms. The SMILES string of the molecule is O=C(Nc1cccc(F)n1)c1csc(-c2ccc(F)c(F)c2)n1. The van der Waals surface area contributed by atoms with Crippen LogP contribution in [-0.4, -0.2) is 15.9 Å². The Morgan fingerprint density at radius 3 is 2.61 bits per heavy atom. The van der Waals surface area contributed by atoms with Crippen molar-refractivity contribution in [2.45, 2.75) is 0 Å². The van der Waals surface area contributed by atoms with Crippen LogP contribution in [0.4, 0.5) is 19.0 Å². The maximum absolute atomic E-state index is 13.2. The van der Waals surface area contributed by atoms with E-state index in [-0.39, 0.29) is 11.5 Å². The van der Waals surface area contributed by atoms with Gasteiger partial charge < -0.3 is 5.32 Å². The smallest absolute Gasteiger partial charge is 0.276 e. The van der Waals surface area contributed by atoms with Gasteiger partial charge in [0.2, 0.25) is 5.95 Å². The molecule has 2 heterocycles. The quantitative estimate of drug-likeness (QED) is 0.739. The van der Waals surface area contributed by atoms with E-state index in [0.717, 1.165) is 29.5 Å². The fourth-order valence-corrected chi connectivity index (χ4v) is 2.60. The van der Waals surface area contributed by atoms with Gasteiger partial charge in [-0.1, -0.05) is 6.07 Å². The fraction of sp³-hybridized carbons (Fsp3) is 0. The molecule has 3 rings (SSSR count). The lowest BCUT2D eigenvalue weighted by atomic mass is 10.2. The highest BCUT2D eigenvalue weighted by Crippen LogP contribution is 2.25. The van der Waals surface area contributed by atoms with Gasteiger partial charge in [-0.2, -0.15) is 4.39 Å². The minimum Gasteiger partial charge on any atom is -0.305 e. The van der Waals surface area contributed by atoms with Crippen LogP contribution < -0.4 is 5.32 Å². The molecule has 3 aromatic rings. The molecular weight excluding hydrogens is 327 g/mol. The topological polar surface area (TPSA) is 54.9 Å². The zero-order valence-electron chi connectivity index (χ0n) is 11.4. The number of amides is 1. The second-order valence-corrected chi connectivity index (χ2v) is 5.32. The Labute approximate surface area is 132 Å². The molecular formula is C15H8F3N3OS. The molecule has 2 aromatic heterocycles. The van der Waals surface area contributed by atoms with Crippen LogP contribution in [0, 0.1) is 17.6 Å². The average Bonchev–Trinajstić information content (AvgIpc) is 3.00. The highest BCUT2D eigenvalue weighted by molar-refractivity contribution is 7.13. The zero-order valence-corrected chi connectivity index (χ0v) is 12.2. The number of nitrogens with zero attached hydrogens (tertiary/aromatic N) is 2. The summed E-state index contributed by atoms with van der Waals surface area (Å²) in [6.07, 6.45) is 0. The number of aromatic nitrogens is 2. The summed E-state index contributed by atoms with van der Waals surface area (Å²) < 4.78 is 39.1. The molecule has 0 saturated carbocycles. The number of rotatable bonds is 3. The normalized spacial score (nSPS) is 10.6. The summed E-state index contributed by atoms with van der Waals surface area (Å²) in [5.74, 6) is -3.19. The van der Waals surface area contributed by atoms with Gasteiger partial charge in [-0.05, 0) is 30.3 Å².